The van der Waals surface area contributed by atoms with Crippen LogP contribution in [0.4, 0.5) is 11.5 Å². The quantitative estimate of drug-likeness (QED) is 0.908. The van der Waals surface area contributed by atoms with E-state index in [1.807, 2.05) is 42.4 Å². The third-order valence-corrected chi connectivity index (χ3v) is 3.30. The van der Waals surface area contributed by atoms with Crippen molar-refractivity contribution in [3.05, 3.63) is 47.7 Å². The van der Waals surface area contributed by atoms with E-state index in [1.54, 1.807) is 7.11 Å². The Morgan fingerprint density at radius 1 is 1.30 bits per heavy atom. The molecule has 2 N–H and O–H groups in total. The number of aromatic nitrogens is 1. The summed E-state index contributed by atoms with van der Waals surface area (Å²) in [6.45, 7) is 2.71. The van der Waals surface area contributed by atoms with Crippen molar-refractivity contribution in [3.8, 4) is 5.75 Å². The summed E-state index contributed by atoms with van der Waals surface area (Å²) >= 11 is 0. The average molecular weight is 271 g/mol. The third-order valence-electron chi connectivity index (χ3n) is 3.30. The van der Waals surface area contributed by atoms with Crippen LogP contribution in [0.3, 0.4) is 0 Å². The van der Waals surface area contributed by atoms with Crippen LogP contribution in [0.5, 0.6) is 5.75 Å². The van der Waals surface area contributed by atoms with Gasteiger partial charge in [0.05, 0.1) is 12.8 Å². The summed E-state index contributed by atoms with van der Waals surface area (Å²) in [4.78, 5) is 6.61. The van der Waals surface area contributed by atoms with Gasteiger partial charge < -0.3 is 15.4 Å². The number of methoxy groups -OCH3 is 1. The van der Waals surface area contributed by atoms with Crippen molar-refractivity contribution in [1.29, 1.82) is 0 Å². The molecule has 1 aromatic carbocycles. The minimum atomic E-state index is 0.642. The molecule has 0 saturated carbocycles. The number of nitrogens with zero attached hydrogens (tertiary/aromatic N) is 2. The molecule has 2 rings (SSSR count). The lowest BCUT2D eigenvalue weighted by Gasteiger charge is -2.22. The molecule has 4 nitrogen and oxygen atoms in total. The maximum atomic E-state index is 5.58. The van der Waals surface area contributed by atoms with Crippen LogP contribution in [0.15, 0.2) is 36.5 Å². The van der Waals surface area contributed by atoms with Crippen molar-refractivity contribution in [2.75, 3.05) is 25.6 Å². The smallest absolute Gasteiger partial charge is 0.142 e. The van der Waals surface area contributed by atoms with Crippen molar-refractivity contribution in [2.45, 2.75) is 13.3 Å². The van der Waals surface area contributed by atoms with Crippen LogP contribution in [-0.2, 0) is 6.42 Å². The van der Waals surface area contributed by atoms with Gasteiger partial charge >= 0.3 is 0 Å². The van der Waals surface area contributed by atoms with E-state index in [0.717, 1.165) is 29.2 Å². The average Bonchev–Trinajstić information content (AvgIpc) is 2.47. The molecule has 2 aromatic rings. The monoisotopic (exact) mass is 271 g/mol. The molecule has 0 radical (unpaired) electrons. The van der Waals surface area contributed by atoms with E-state index in [0.29, 0.717) is 6.54 Å². The number of benzene rings is 1. The Labute approximate surface area is 120 Å². The minimum Gasteiger partial charge on any atom is -0.495 e. The molecule has 1 heterocycles. The van der Waals surface area contributed by atoms with E-state index in [1.165, 1.54) is 5.56 Å². The minimum absolute atomic E-state index is 0.642. The van der Waals surface area contributed by atoms with Crippen LogP contribution in [0.2, 0.25) is 0 Å². The van der Waals surface area contributed by atoms with Gasteiger partial charge in [-0.25, -0.2) is 4.98 Å². The molecule has 0 atom stereocenters. The molecule has 0 spiro atoms. The second kappa shape index (κ2) is 6.39. The Hall–Kier alpha value is -2.07. The number of anilines is 2. The molecule has 0 fully saturated rings. The Bertz CT molecular complexity index is 584. The molecular formula is C16H21N3O. The van der Waals surface area contributed by atoms with E-state index < -0.39 is 0 Å². The summed E-state index contributed by atoms with van der Waals surface area (Å²) in [5.74, 6) is 1.76. The molecule has 0 amide bonds. The van der Waals surface area contributed by atoms with Gasteiger partial charge in [-0.1, -0.05) is 18.2 Å². The van der Waals surface area contributed by atoms with Gasteiger partial charge in [-0.15, -0.1) is 0 Å². The highest BCUT2D eigenvalue weighted by atomic mass is 16.5. The van der Waals surface area contributed by atoms with Crippen molar-refractivity contribution in [3.63, 3.8) is 0 Å². The second-order valence-corrected chi connectivity index (χ2v) is 4.75. The first-order valence-corrected chi connectivity index (χ1v) is 6.69. The maximum absolute atomic E-state index is 5.58. The Morgan fingerprint density at radius 3 is 2.70 bits per heavy atom. The number of ether oxygens (including phenoxy) is 1. The van der Waals surface area contributed by atoms with Gasteiger partial charge in [-0.3, -0.25) is 0 Å². The lowest BCUT2D eigenvalue weighted by Crippen LogP contribution is -2.14. The highest BCUT2D eigenvalue weighted by molar-refractivity contribution is 5.68. The highest BCUT2D eigenvalue weighted by Gasteiger charge is 2.12. The lowest BCUT2D eigenvalue weighted by atomic mass is 10.1. The normalized spacial score (nSPS) is 10.4. The van der Waals surface area contributed by atoms with Crippen LogP contribution < -0.4 is 15.4 Å². The van der Waals surface area contributed by atoms with Gasteiger partial charge in [0.2, 0.25) is 0 Å². The summed E-state index contributed by atoms with van der Waals surface area (Å²) in [5.41, 5.74) is 8.88. The SMILES string of the molecule is COc1ccccc1N(C)c1ncc(CCN)cc1C. The molecule has 4 heteroatoms. The van der Waals surface area contributed by atoms with Crippen LogP contribution in [0.1, 0.15) is 11.1 Å². The van der Waals surface area contributed by atoms with Crippen LogP contribution >= 0.6 is 0 Å². The van der Waals surface area contributed by atoms with Crippen LogP contribution in [0, 0.1) is 6.92 Å². The first-order valence-electron chi connectivity index (χ1n) is 6.69. The fourth-order valence-electron chi connectivity index (χ4n) is 2.30. The predicted molar refractivity (Wildman–Crippen MR) is 82.8 cm³/mol. The molecular weight excluding hydrogens is 250 g/mol. The van der Waals surface area contributed by atoms with Gasteiger partial charge in [-0.05, 0) is 43.1 Å². The number of aryl methyl sites for hydroxylation is 1. The topological polar surface area (TPSA) is 51.4 Å². The van der Waals surface area contributed by atoms with Crippen molar-refractivity contribution < 1.29 is 4.74 Å². The summed E-state index contributed by atoms with van der Waals surface area (Å²) < 4.78 is 5.40. The number of hydrogen-bond acceptors (Lipinski definition) is 4. The summed E-state index contributed by atoms with van der Waals surface area (Å²) in [7, 11) is 3.67. The van der Waals surface area contributed by atoms with E-state index in [2.05, 4.69) is 18.0 Å². The van der Waals surface area contributed by atoms with Gasteiger partial charge in [0, 0.05) is 13.2 Å². The number of hydrogen-bond donors (Lipinski definition) is 1. The van der Waals surface area contributed by atoms with Gasteiger partial charge in [-0.2, -0.15) is 0 Å². The van der Waals surface area contributed by atoms with Crippen LogP contribution in [0.25, 0.3) is 0 Å². The predicted octanol–water partition coefficient (Wildman–Crippen LogP) is 2.67. The van der Waals surface area contributed by atoms with E-state index in [4.69, 9.17) is 10.5 Å². The highest BCUT2D eigenvalue weighted by Crippen LogP contribution is 2.32. The zero-order chi connectivity index (χ0) is 14.5. The number of pyridine rings is 1. The molecule has 0 unspecified atom stereocenters. The largest absolute Gasteiger partial charge is 0.495 e. The Balaban J connectivity index is 2.35. The molecule has 20 heavy (non-hydrogen) atoms. The van der Waals surface area contributed by atoms with E-state index in [9.17, 15) is 0 Å². The zero-order valence-electron chi connectivity index (χ0n) is 12.3. The molecule has 1 aromatic heterocycles. The van der Waals surface area contributed by atoms with Gasteiger partial charge in [0.15, 0.2) is 0 Å². The first kappa shape index (κ1) is 14.3. The van der Waals surface area contributed by atoms with Gasteiger partial charge in [0.1, 0.15) is 11.6 Å². The fourth-order valence-corrected chi connectivity index (χ4v) is 2.30. The molecule has 0 aliphatic heterocycles. The molecule has 0 aliphatic rings. The van der Waals surface area contributed by atoms with Crippen molar-refractivity contribution in [2.24, 2.45) is 5.73 Å². The van der Waals surface area contributed by atoms with Crippen molar-refractivity contribution in [1.82, 2.24) is 4.98 Å². The molecule has 0 aliphatic carbocycles. The van der Waals surface area contributed by atoms with Gasteiger partial charge in [0.25, 0.3) is 0 Å². The van der Waals surface area contributed by atoms with E-state index >= 15 is 0 Å². The first-order chi connectivity index (χ1) is 9.67. The number of nitrogens with two attached hydrogens (primary N) is 1. The van der Waals surface area contributed by atoms with Crippen LogP contribution in [-0.4, -0.2) is 25.7 Å². The number of para-hydroxylation sites is 2. The number of rotatable bonds is 5. The fraction of sp³-hybridized carbons (Fsp3) is 0.312. The van der Waals surface area contributed by atoms with Crippen molar-refractivity contribution >= 4 is 11.5 Å². The molecule has 106 valence electrons. The third kappa shape index (κ3) is 2.91. The molecule has 0 bridgehead atoms. The maximum Gasteiger partial charge on any atom is 0.142 e. The van der Waals surface area contributed by atoms with E-state index in [-0.39, 0.29) is 0 Å². The summed E-state index contributed by atoms with van der Waals surface area (Å²) in [6.07, 6.45) is 2.74. The zero-order valence-corrected chi connectivity index (χ0v) is 12.3. The Kier molecular flexibility index (Phi) is 4.58. The molecule has 0 saturated heterocycles. The Morgan fingerprint density at radius 2 is 2.05 bits per heavy atom. The summed E-state index contributed by atoms with van der Waals surface area (Å²) in [5, 5.41) is 0. The summed E-state index contributed by atoms with van der Waals surface area (Å²) in [6, 6.07) is 10.1. The standard InChI is InChI=1S/C16H21N3O/c1-12-10-13(8-9-17)11-18-16(12)19(2)14-6-4-5-7-15(14)20-3/h4-7,10-11H,8-9,17H2,1-3H3. The second-order valence-electron chi connectivity index (χ2n) is 4.75. The lowest BCUT2D eigenvalue weighted by molar-refractivity contribution is 0.415.